The van der Waals surface area contributed by atoms with Crippen LogP contribution in [0.3, 0.4) is 0 Å². The van der Waals surface area contributed by atoms with E-state index in [-0.39, 0.29) is 11.6 Å². The minimum atomic E-state index is -0.0424. The van der Waals surface area contributed by atoms with E-state index < -0.39 is 0 Å². The molecule has 1 aromatic rings. The molecule has 3 rings (SSSR count). The van der Waals surface area contributed by atoms with E-state index in [0.29, 0.717) is 5.92 Å². The standard InChI is InChI=1S/C16H23NO2/c1-11-5-3-4-8-16(11)10-14(17)13-9-12(18-2)6-7-15(13)19-16/h6-7,9,11,14H,3-5,8,10,17H2,1-2H3/t11?,14-,16?/m0/s1. The molecule has 0 radical (unpaired) electrons. The van der Waals surface area contributed by atoms with Gasteiger partial charge in [0.15, 0.2) is 0 Å². The minimum Gasteiger partial charge on any atom is -0.497 e. The Morgan fingerprint density at radius 2 is 2.21 bits per heavy atom. The fraction of sp³-hybridized carbons (Fsp3) is 0.625. The lowest BCUT2D eigenvalue weighted by atomic mass is 9.71. The fourth-order valence-corrected chi connectivity index (χ4v) is 3.62. The predicted molar refractivity (Wildman–Crippen MR) is 75.5 cm³/mol. The summed E-state index contributed by atoms with van der Waals surface area (Å²) in [6.07, 6.45) is 5.87. The van der Waals surface area contributed by atoms with Gasteiger partial charge < -0.3 is 15.2 Å². The van der Waals surface area contributed by atoms with Gasteiger partial charge in [0.25, 0.3) is 0 Å². The SMILES string of the molecule is COc1ccc2c(c1)[C@@H](N)CC1(CCCCC1C)O2. The Morgan fingerprint density at radius 1 is 1.37 bits per heavy atom. The van der Waals surface area contributed by atoms with Gasteiger partial charge in [0.05, 0.1) is 7.11 Å². The van der Waals surface area contributed by atoms with Crippen LogP contribution in [0.25, 0.3) is 0 Å². The van der Waals surface area contributed by atoms with Gasteiger partial charge in [-0.2, -0.15) is 0 Å². The highest BCUT2D eigenvalue weighted by molar-refractivity contribution is 5.44. The van der Waals surface area contributed by atoms with Gasteiger partial charge >= 0.3 is 0 Å². The summed E-state index contributed by atoms with van der Waals surface area (Å²) in [4.78, 5) is 0. The molecular weight excluding hydrogens is 238 g/mol. The Morgan fingerprint density at radius 3 is 2.95 bits per heavy atom. The molecule has 1 saturated carbocycles. The molecule has 2 unspecified atom stereocenters. The second-order valence-electron chi connectivity index (χ2n) is 6.03. The summed E-state index contributed by atoms with van der Waals surface area (Å²) >= 11 is 0. The van der Waals surface area contributed by atoms with Gasteiger partial charge in [0, 0.05) is 18.0 Å². The highest BCUT2D eigenvalue weighted by Crippen LogP contribution is 2.48. The van der Waals surface area contributed by atoms with Crippen LogP contribution in [0.2, 0.25) is 0 Å². The van der Waals surface area contributed by atoms with Gasteiger partial charge in [-0.05, 0) is 43.4 Å². The molecule has 2 N–H and O–H groups in total. The molecule has 0 amide bonds. The number of ether oxygens (including phenoxy) is 2. The first-order valence-electron chi connectivity index (χ1n) is 7.27. The maximum Gasteiger partial charge on any atom is 0.125 e. The fourth-order valence-electron chi connectivity index (χ4n) is 3.62. The minimum absolute atomic E-state index is 0.0424. The molecule has 0 aromatic heterocycles. The molecule has 1 aromatic carbocycles. The van der Waals surface area contributed by atoms with Crippen molar-refractivity contribution in [2.24, 2.45) is 11.7 Å². The van der Waals surface area contributed by atoms with Gasteiger partial charge in [0.2, 0.25) is 0 Å². The van der Waals surface area contributed by atoms with Crippen molar-refractivity contribution in [1.82, 2.24) is 0 Å². The molecule has 0 saturated heterocycles. The van der Waals surface area contributed by atoms with E-state index in [1.165, 1.54) is 19.3 Å². The van der Waals surface area contributed by atoms with E-state index in [0.717, 1.165) is 29.9 Å². The van der Waals surface area contributed by atoms with Crippen LogP contribution >= 0.6 is 0 Å². The zero-order valence-corrected chi connectivity index (χ0v) is 11.8. The van der Waals surface area contributed by atoms with Crippen LogP contribution in [0.15, 0.2) is 18.2 Å². The number of fused-ring (bicyclic) bond motifs is 1. The highest BCUT2D eigenvalue weighted by Gasteiger charge is 2.45. The van der Waals surface area contributed by atoms with Crippen LogP contribution < -0.4 is 15.2 Å². The largest absolute Gasteiger partial charge is 0.497 e. The summed E-state index contributed by atoms with van der Waals surface area (Å²) in [5, 5.41) is 0. The van der Waals surface area contributed by atoms with Gasteiger partial charge in [0.1, 0.15) is 17.1 Å². The molecule has 1 aliphatic heterocycles. The van der Waals surface area contributed by atoms with E-state index in [2.05, 4.69) is 6.92 Å². The van der Waals surface area contributed by atoms with E-state index >= 15 is 0 Å². The molecule has 1 fully saturated rings. The highest BCUT2D eigenvalue weighted by atomic mass is 16.5. The van der Waals surface area contributed by atoms with Gasteiger partial charge in [-0.25, -0.2) is 0 Å². The van der Waals surface area contributed by atoms with Gasteiger partial charge in [-0.3, -0.25) is 0 Å². The number of benzene rings is 1. The van der Waals surface area contributed by atoms with Crippen LogP contribution in [0.5, 0.6) is 11.5 Å². The molecule has 1 heterocycles. The quantitative estimate of drug-likeness (QED) is 0.842. The van der Waals surface area contributed by atoms with Crippen molar-refractivity contribution < 1.29 is 9.47 Å². The molecule has 19 heavy (non-hydrogen) atoms. The predicted octanol–water partition coefficient (Wildman–Crippen LogP) is 3.43. The number of hydrogen-bond donors (Lipinski definition) is 1. The first-order valence-corrected chi connectivity index (χ1v) is 7.27. The van der Waals surface area contributed by atoms with Crippen molar-refractivity contribution >= 4 is 0 Å². The van der Waals surface area contributed by atoms with Crippen molar-refractivity contribution in [3.05, 3.63) is 23.8 Å². The summed E-state index contributed by atoms with van der Waals surface area (Å²) < 4.78 is 11.7. The monoisotopic (exact) mass is 261 g/mol. The number of hydrogen-bond acceptors (Lipinski definition) is 3. The first kappa shape index (κ1) is 12.8. The average Bonchev–Trinajstić information content (AvgIpc) is 2.42. The van der Waals surface area contributed by atoms with E-state index in [1.54, 1.807) is 7.11 Å². The maximum absolute atomic E-state index is 6.41. The Hall–Kier alpha value is -1.22. The van der Waals surface area contributed by atoms with E-state index in [1.807, 2.05) is 18.2 Å². The number of rotatable bonds is 1. The number of nitrogens with two attached hydrogens (primary N) is 1. The third kappa shape index (κ3) is 2.10. The summed E-state index contributed by atoms with van der Waals surface area (Å²) in [6.45, 7) is 2.31. The third-order valence-corrected chi connectivity index (χ3v) is 4.88. The molecular formula is C16H23NO2. The Bertz CT molecular complexity index is 474. The molecule has 3 heteroatoms. The topological polar surface area (TPSA) is 44.5 Å². The van der Waals surface area contributed by atoms with Gasteiger partial charge in [-0.1, -0.05) is 13.3 Å². The first-order chi connectivity index (χ1) is 9.14. The summed E-state index contributed by atoms with van der Waals surface area (Å²) in [5.41, 5.74) is 7.45. The lowest BCUT2D eigenvalue weighted by Crippen LogP contribution is -2.49. The number of methoxy groups -OCH3 is 1. The smallest absolute Gasteiger partial charge is 0.125 e. The summed E-state index contributed by atoms with van der Waals surface area (Å²) in [6, 6.07) is 6.04. The lowest BCUT2D eigenvalue weighted by Gasteiger charge is -2.47. The van der Waals surface area contributed by atoms with Crippen LogP contribution in [-0.4, -0.2) is 12.7 Å². The lowest BCUT2D eigenvalue weighted by molar-refractivity contribution is -0.0408. The molecule has 3 atom stereocenters. The van der Waals surface area contributed by atoms with Crippen molar-refractivity contribution in [3.8, 4) is 11.5 Å². The van der Waals surface area contributed by atoms with Crippen LogP contribution in [0.4, 0.5) is 0 Å². The molecule has 0 bridgehead atoms. The third-order valence-electron chi connectivity index (χ3n) is 4.88. The van der Waals surface area contributed by atoms with Crippen molar-refractivity contribution in [3.63, 3.8) is 0 Å². The molecule has 104 valence electrons. The zero-order valence-electron chi connectivity index (χ0n) is 11.8. The molecule has 1 spiro atoms. The van der Waals surface area contributed by atoms with Crippen LogP contribution in [0.1, 0.15) is 50.6 Å². The Kier molecular flexibility index (Phi) is 3.17. The zero-order chi connectivity index (χ0) is 13.5. The van der Waals surface area contributed by atoms with Crippen molar-refractivity contribution in [1.29, 1.82) is 0 Å². The molecule has 3 nitrogen and oxygen atoms in total. The van der Waals surface area contributed by atoms with Gasteiger partial charge in [-0.15, -0.1) is 0 Å². The molecule has 2 aliphatic rings. The Balaban J connectivity index is 1.95. The normalized spacial score (nSPS) is 33.6. The van der Waals surface area contributed by atoms with Crippen molar-refractivity contribution in [2.45, 2.75) is 50.7 Å². The Labute approximate surface area is 115 Å². The average molecular weight is 261 g/mol. The second-order valence-corrected chi connectivity index (χ2v) is 6.03. The summed E-state index contributed by atoms with van der Waals surface area (Å²) in [5.74, 6) is 2.39. The van der Waals surface area contributed by atoms with E-state index in [9.17, 15) is 0 Å². The van der Waals surface area contributed by atoms with Crippen molar-refractivity contribution in [2.75, 3.05) is 7.11 Å². The van der Waals surface area contributed by atoms with E-state index in [4.69, 9.17) is 15.2 Å². The van der Waals surface area contributed by atoms with Crippen LogP contribution in [-0.2, 0) is 0 Å². The second kappa shape index (κ2) is 4.71. The summed E-state index contributed by atoms with van der Waals surface area (Å²) in [7, 11) is 1.68. The van der Waals surface area contributed by atoms with Crippen LogP contribution in [0, 0.1) is 5.92 Å². The maximum atomic E-state index is 6.41. The molecule has 1 aliphatic carbocycles.